The first kappa shape index (κ1) is 27.1. The molecule has 7 aromatic carbocycles. The van der Waals surface area contributed by atoms with Crippen molar-refractivity contribution in [2.75, 3.05) is 0 Å². The van der Waals surface area contributed by atoms with Crippen LogP contribution in [0, 0.1) is 0 Å². The maximum Gasteiger partial charge on any atom is 0.160 e. The summed E-state index contributed by atoms with van der Waals surface area (Å²) in [5.74, 6) is 0.700. The smallest absolute Gasteiger partial charge is 0.160 e. The van der Waals surface area contributed by atoms with Gasteiger partial charge in [-0.2, -0.15) is 0 Å². The Morgan fingerprint density at radius 1 is 0.458 bits per heavy atom. The third-order valence-corrected chi connectivity index (χ3v) is 10.4. The van der Waals surface area contributed by atoms with E-state index in [0.717, 1.165) is 71.1 Å². The highest BCUT2D eigenvalue weighted by atomic mass is 32.1. The van der Waals surface area contributed by atoms with E-state index in [0.29, 0.717) is 5.82 Å². The van der Waals surface area contributed by atoms with Crippen molar-refractivity contribution >= 4 is 64.4 Å². The number of rotatable bonds is 4. The Hall–Kier alpha value is -6.10. The molecule has 0 fully saturated rings. The van der Waals surface area contributed by atoms with Crippen LogP contribution in [0.4, 0.5) is 0 Å². The first-order valence-electron chi connectivity index (χ1n) is 16.1. The SMILES string of the molecule is c1ccc(-c2cccc(-c3nc(-c4ccc5oc6c(-c7ccccc7)c7ccccc7cc6c5c4)nc4c3sc3ccccc34)c2)cc1. The van der Waals surface area contributed by atoms with Crippen LogP contribution in [-0.4, -0.2) is 9.97 Å². The van der Waals surface area contributed by atoms with Gasteiger partial charge in [0.2, 0.25) is 0 Å². The molecular formula is C44H26N2OS. The van der Waals surface area contributed by atoms with E-state index >= 15 is 0 Å². The van der Waals surface area contributed by atoms with Gasteiger partial charge in [-0.05, 0) is 63.9 Å². The van der Waals surface area contributed by atoms with Gasteiger partial charge in [0.25, 0.3) is 0 Å². The van der Waals surface area contributed by atoms with E-state index in [9.17, 15) is 0 Å². The van der Waals surface area contributed by atoms with Crippen molar-refractivity contribution in [3.63, 3.8) is 0 Å². The molecule has 4 heteroatoms. The van der Waals surface area contributed by atoms with Crippen molar-refractivity contribution < 1.29 is 4.42 Å². The van der Waals surface area contributed by atoms with Crippen molar-refractivity contribution in [1.29, 1.82) is 0 Å². The molecule has 10 rings (SSSR count). The second-order valence-corrected chi connectivity index (χ2v) is 13.2. The number of nitrogens with zero attached hydrogens (tertiary/aromatic N) is 2. The van der Waals surface area contributed by atoms with Crippen molar-refractivity contribution in [3.05, 3.63) is 158 Å². The van der Waals surface area contributed by atoms with E-state index in [1.807, 2.05) is 0 Å². The highest BCUT2D eigenvalue weighted by molar-refractivity contribution is 7.26. The molecule has 3 aromatic heterocycles. The molecule has 0 unspecified atom stereocenters. The number of furan rings is 1. The third-order valence-electron chi connectivity index (χ3n) is 9.27. The van der Waals surface area contributed by atoms with Gasteiger partial charge in [-0.25, -0.2) is 9.97 Å². The molecule has 0 aliphatic carbocycles. The zero-order valence-electron chi connectivity index (χ0n) is 25.7. The number of fused-ring (bicyclic) bond motifs is 7. The van der Waals surface area contributed by atoms with E-state index in [4.69, 9.17) is 14.4 Å². The average molecular weight is 631 g/mol. The summed E-state index contributed by atoms with van der Waals surface area (Å²) in [4.78, 5) is 10.6. The molecule has 0 saturated heterocycles. The molecule has 0 amide bonds. The predicted octanol–water partition coefficient (Wildman–Crippen LogP) is 12.6. The summed E-state index contributed by atoms with van der Waals surface area (Å²) in [5.41, 5.74) is 10.3. The molecule has 224 valence electrons. The minimum absolute atomic E-state index is 0.700. The lowest BCUT2D eigenvalue weighted by molar-refractivity contribution is 0.670. The molecule has 0 spiro atoms. The van der Waals surface area contributed by atoms with Crippen LogP contribution in [0.3, 0.4) is 0 Å². The lowest BCUT2D eigenvalue weighted by Gasteiger charge is -2.09. The lowest BCUT2D eigenvalue weighted by Crippen LogP contribution is -1.94. The molecule has 3 heterocycles. The second kappa shape index (κ2) is 10.7. The Kier molecular flexibility index (Phi) is 6.05. The first-order valence-corrected chi connectivity index (χ1v) is 16.9. The van der Waals surface area contributed by atoms with Crippen LogP contribution < -0.4 is 0 Å². The quantitative estimate of drug-likeness (QED) is 0.194. The zero-order valence-corrected chi connectivity index (χ0v) is 26.5. The van der Waals surface area contributed by atoms with Gasteiger partial charge in [-0.1, -0.05) is 121 Å². The molecular weight excluding hydrogens is 605 g/mol. The molecule has 10 aromatic rings. The van der Waals surface area contributed by atoms with Gasteiger partial charge >= 0.3 is 0 Å². The van der Waals surface area contributed by atoms with Gasteiger partial charge in [0.05, 0.1) is 15.9 Å². The van der Waals surface area contributed by atoms with Crippen molar-refractivity contribution in [2.45, 2.75) is 0 Å². The Balaban J connectivity index is 1.22. The topological polar surface area (TPSA) is 38.9 Å². The highest BCUT2D eigenvalue weighted by Crippen LogP contribution is 2.43. The maximum atomic E-state index is 6.66. The van der Waals surface area contributed by atoms with Crippen molar-refractivity contribution in [3.8, 4) is 44.9 Å². The highest BCUT2D eigenvalue weighted by Gasteiger charge is 2.20. The molecule has 0 radical (unpaired) electrons. The van der Waals surface area contributed by atoms with Gasteiger partial charge < -0.3 is 4.42 Å². The molecule has 0 bridgehead atoms. The van der Waals surface area contributed by atoms with Gasteiger partial charge in [0.15, 0.2) is 5.82 Å². The Morgan fingerprint density at radius 2 is 1.17 bits per heavy atom. The normalized spacial score (nSPS) is 11.8. The van der Waals surface area contributed by atoms with E-state index < -0.39 is 0 Å². The summed E-state index contributed by atoms with van der Waals surface area (Å²) < 4.78 is 8.96. The van der Waals surface area contributed by atoms with Crippen LogP contribution >= 0.6 is 11.3 Å². The number of benzene rings is 7. The fraction of sp³-hybridized carbons (Fsp3) is 0. The monoisotopic (exact) mass is 630 g/mol. The molecule has 0 aliphatic rings. The molecule has 0 N–H and O–H groups in total. The van der Waals surface area contributed by atoms with Gasteiger partial charge in [-0.3, -0.25) is 0 Å². The predicted molar refractivity (Wildman–Crippen MR) is 201 cm³/mol. The van der Waals surface area contributed by atoms with Crippen molar-refractivity contribution in [1.82, 2.24) is 9.97 Å². The van der Waals surface area contributed by atoms with E-state index in [2.05, 4.69) is 158 Å². The fourth-order valence-corrected chi connectivity index (χ4v) is 8.15. The van der Waals surface area contributed by atoms with E-state index in [1.54, 1.807) is 11.3 Å². The van der Waals surface area contributed by atoms with Crippen molar-refractivity contribution in [2.24, 2.45) is 0 Å². The number of hydrogen-bond donors (Lipinski definition) is 0. The van der Waals surface area contributed by atoms with Crippen LogP contribution in [0.2, 0.25) is 0 Å². The van der Waals surface area contributed by atoms with Crippen LogP contribution in [0.25, 0.3) is 97.9 Å². The van der Waals surface area contributed by atoms with Gasteiger partial charge in [-0.15, -0.1) is 11.3 Å². The molecule has 48 heavy (non-hydrogen) atoms. The molecule has 0 aliphatic heterocycles. The summed E-state index contributed by atoms with van der Waals surface area (Å²) in [6.45, 7) is 0. The van der Waals surface area contributed by atoms with Gasteiger partial charge in [0.1, 0.15) is 11.2 Å². The minimum atomic E-state index is 0.700. The summed E-state index contributed by atoms with van der Waals surface area (Å²) in [5, 5.41) is 5.64. The van der Waals surface area contributed by atoms with Crippen LogP contribution in [-0.2, 0) is 0 Å². The summed E-state index contributed by atoms with van der Waals surface area (Å²) in [7, 11) is 0. The van der Waals surface area contributed by atoms with Gasteiger partial charge in [0, 0.05) is 37.5 Å². The second-order valence-electron chi connectivity index (χ2n) is 12.1. The maximum absolute atomic E-state index is 6.66. The number of aromatic nitrogens is 2. The largest absolute Gasteiger partial charge is 0.455 e. The number of hydrogen-bond acceptors (Lipinski definition) is 4. The van der Waals surface area contributed by atoms with Crippen LogP contribution in [0.1, 0.15) is 0 Å². The summed E-state index contributed by atoms with van der Waals surface area (Å²) in [6, 6.07) is 55.4. The minimum Gasteiger partial charge on any atom is -0.455 e. The Bertz CT molecular complexity index is 2830. The number of thiophene rings is 1. The zero-order chi connectivity index (χ0) is 31.6. The van der Waals surface area contributed by atoms with E-state index in [1.165, 1.54) is 21.0 Å². The summed E-state index contributed by atoms with van der Waals surface area (Å²) in [6.07, 6.45) is 0. The molecule has 0 saturated carbocycles. The Labute approximate surface area is 280 Å². The molecule has 3 nitrogen and oxygen atoms in total. The van der Waals surface area contributed by atoms with Crippen LogP contribution in [0.5, 0.6) is 0 Å². The fourth-order valence-electron chi connectivity index (χ4n) is 7.00. The van der Waals surface area contributed by atoms with E-state index in [-0.39, 0.29) is 0 Å². The summed E-state index contributed by atoms with van der Waals surface area (Å²) >= 11 is 1.76. The standard InChI is InChI=1S/C44H26N2OS/c1-3-12-27(13-4-1)29-17-11-18-31(24-29)40-43-41(34-20-9-10-21-38(34)48-43)46-44(45-40)32-22-23-37-35(26-32)36-25-30-16-7-8-19-33(30)39(42(36)47-37)28-14-5-2-6-15-28/h1-26H. The van der Waals surface area contributed by atoms with Crippen LogP contribution in [0.15, 0.2) is 162 Å². The lowest BCUT2D eigenvalue weighted by atomic mass is 9.95. The Morgan fingerprint density at radius 3 is 2.02 bits per heavy atom. The average Bonchev–Trinajstić information content (AvgIpc) is 3.72. The third kappa shape index (κ3) is 4.27. The molecule has 0 atom stereocenters. The first-order chi connectivity index (χ1) is 23.8.